The Labute approximate surface area is 166 Å². The first kappa shape index (κ1) is 20.2. The van der Waals surface area contributed by atoms with Gasteiger partial charge in [-0.25, -0.2) is 13.8 Å². The van der Waals surface area contributed by atoms with Gasteiger partial charge in [0.2, 0.25) is 5.96 Å². The second-order valence-electron chi connectivity index (χ2n) is 6.44. The van der Waals surface area contributed by atoms with E-state index in [-0.39, 0.29) is 17.6 Å². The molecule has 0 aromatic heterocycles. The van der Waals surface area contributed by atoms with Crippen LogP contribution in [0.15, 0.2) is 41.4 Å². The van der Waals surface area contributed by atoms with Gasteiger partial charge >= 0.3 is 0 Å². The first-order valence-electron chi connectivity index (χ1n) is 8.88. The van der Waals surface area contributed by atoms with E-state index in [1.165, 1.54) is 6.07 Å². The maximum atomic E-state index is 13.4. The lowest BCUT2D eigenvalue weighted by atomic mass is 10.2. The molecule has 1 atom stereocenters. The average molecular weight is 408 g/mol. The van der Waals surface area contributed by atoms with E-state index < -0.39 is 17.5 Å². The molecule has 148 valence electrons. The Hall–Kier alpha value is -2.51. The van der Waals surface area contributed by atoms with Gasteiger partial charge in [0.15, 0.2) is 11.6 Å². The highest BCUT2D eigenvalue weighted by Gasteiger charge is 2.17. The van der Waals surface area contributed by atoms with E-state index >= 15 is 0 Å². The van der Waals surface area contributed by atoms with Gasteiger partial charge in [-0.1, -0.05) is 17.7 Å². The number of rotatable bonds is 4. The second-order valence-corrected chi connectivity index (χ2v) is 6.85. The predicted molar refractivity (Wildman–Crippen MR) is 105 cm³/mol. The van der Waals surface area contributed by atoms with Gasteiger partial charge in [-0.2, -0.15) is 0 Å². The summed E-state index contributed by atoms with van der Waals surface area (Å²) in [5, 5.41) is 6.23. The molecule has 0 spiro atoms. The van der Waals surface area contributed by atoms with Crippen LogP contribution in [0.5, 0.6) is 0 Å². The maximum Gasteiger partial charge on any atom is 0.258 e. The van der Waals surface area contributed by atoms with Gasteiger partial charge in [-0.15, -0.1) is 0 Å². The van der Waals surface area contributed by atoms with Crippen LogP contribution in [0.1, 0.15) is 28.8 Å². The minimum Gasteiger partial charge on any atom is -0.376 e. The number of ether oxygens (including phenoxy) is 1. The Kier molecular flexibility index (Phi) is 6.59. The number of anilines is 1. The molecule has 3 rings (SSSR count). The summed E-state index contributed by atoms with van der Waals surface area (Å²) in [4.78, 5) is 16.9. The number of carbonyl (C=O) groups excluding carboxylic acids is 1. The first-order chi connectivity index (χ1) is 13.4. The van der Waals surface area contributed by atoms with Crippen LogP contribution in [-0.4, -0.2) is 31.1 Å². The van der Waals surface area contributed by atoms with Gasteiger partial charge in [-0.3, -0.25) is 10.1 Å². The van der Waals surface area contributed by atoms with Gasteiger partial charge in [0, 0.05) is 22.9 Å². The van der Waals surface area contributed by atoms with E-state index in [1.54, 1.807) is 18.2 Å². The number of nitrogens with zero attached hydrogens (tertiary/aromatic N) is 1. The second kappa shape index (κ2) is 9.12. The Morgan fingerprint density at radius 3 is 2.82 bits per heavy atom. The average Bonchev–Trinajstić information content (AvgIpc) is 3.19. The summed E-state index contributed by atoms with van der Waals surface area (Å²) >= 11 is 6.15. The standard InChI is InChI=1S/C20H20ClF2N3O2/c1-12-15(21)5-2-6-18(12)25-20(24-11-14-4-3-9-28-14)26-19(27)13-7-8-16(22)17(23)10-13/h2,5-8,10,14H,3-4,9,11H2,1H3,(H2,24,25,26,27)/t14-/m0/s1. The van der Waals surface area contributed by atoms with Crippen molar-refractivity contribution in [3.05, 3.63) is 64.2 Å². The Morgan fingerprint density at radius 2 is 2.11 bits per heavy atom. The van der Waals surface area contributed by atoms with Gasteiger partial charge in [0.05, 0.1) is 12.6 Å². The molecule has 1 amide bonds. The summed E-state index contributed by atoms with van der Waals surface area (Å²) < 4.78 is 32.1. The van der Waals surface area contributed by atoms with Crippen LogP contribution in [0.4, 0.5) is 14.5 Å². The van der Waals surface area contributed by atoms with Crippen LogP contribution in [0.3, 0.4) is 0 Å². The van der Waals surface area contributed by atoms with Gasteiger partial charge in [-0.05, 0) is 55.7 Å². The van der Waals surface area contributed by atoms with Crippen LogP contribution < -0.4 is 10.6 Å². The van der Waals surface area contributed by atoms with Gasteiger partial charge in [0.1, 0.15) is 0 Å². The van der Waals surface area contributed by atoms with Gasteiger partial charge < -0.3 is 10.1 Å². The minimum atomic E-state index is -1.09. The van der Waals surface area contributed by atoms with Crippen molar-refractivity contribution in [2.75, 3.05) is 18.5 Å². The number of amides is 1. The molecular formula is C20H20ClF2N3O2. The summed E-state index contributed by atoms with van der Waals surface area (Å²) in [6, 6.07) is 8.27. The Balaban J connectivity index is 1.80. The van der Waals surface area contributed by atoms with Crippen LogP contribution >= 0.6 is 11.6 Å². The molecule has 28 heavy (non-hydrogen) atoms. The highest BCUT2D eigenvalue weighted by atomic mass is 35.5. The SMILES string of the molecule is Cc1c(Cl)cccc1NC(=NC[C@@H]1CCCO1)NC(=O)c1ccc(F)c(F)c1. The fraction of sp³-hybridized carbons (Fsp3) is 0.300. The number of guanidine groups is 1. The Bertz CT molecular complexity index is 899. The van der Waals surface area contributed by atoms with E-state index in [1.807, 2.05) is 6.92 Å². The van der Waals surface area contributed by atoms with E-state index in [0.717, 1.165) is 30.5 Å². The van der Waals surface area contributed by atoms with Crippen molar-refractivity contribution in [3.63, 3.8) is 0 Å². The molecule has 5 nitrogen and oxygen atoms in total. The van der Waals surface area contributed by atoms with Crippen molar-refractivity contribution < 1.29 is 18.3 Å². The third-order valence-corrected chi connectivity index (χ3v) is 4.82. The molecule has 0 unspecified atom stereocenters. The largest absolute Gasteiger partial charge is 0.376 e. The molecule has 1 heterocycles. The topological polar surface area (TPSA) is 62.7 Å². The third kappa shape index (κ3) is 5.05. The number of hydrogen-bond acceptors (Lipinski definition) is 3. The van der Waals surface area contributed by atoms with Crippen LogP contribution in [-0.2, 0) is 4.74 Å². The fourth-order valence-corrected chi connectivity index (χ4v) is 2.95. The highest BCUT2D eigenvalue weighted by molar-refractivity contribution is 6.31. The molecule has 1 saturated heterocycles. The number of halogens is 3. The summed E-state index contributed by atoms with van der Waals surface area (Å²) in [6.45, 7) is 2.89. The number of nitrogens with one attached hydrogen (secondary N) is 2. The lowest BCUT2D eigenvalue weighted by molar-refractivity contribution is 0.0975. The number of benzene rings is 2. The zero-order valence-electron chi connectivity index (χ0n) is 15.3. The van der Waals surface area contributed by atoms with Crippen molar-refractivity contribution >= 4 is 29.2 Å². The van der Waals surface area contributed by atoms with Crippen molar-refractivity contribution in [1.82, 2.24) is 5.32 Å². The van der Waals surface area contributed by atoms with Gasteiger partial charge in [0.25, 0.3) is 5.91 Å². The molecule has 2 aromatic rings. The summed E-state index contributed by atoms with van der Waals surface area (Å²) in [5.74, 6) is -2.55. The summed E-state index contributed by atoms with van der Waals surface area (Å²) in [7, 11) is 0. The Morgan fingerprint density at radius 1 is 1.29 bits per heavy atom. The van der Waals surface area contributed by atoms with Crippen molar-refractivity contribution in [2.24, 2.45) is 4.99 Å². The smallest absolute Gasteiger partial charge is 0.258 e. The van der Waals surface area contributed by atoms with E-state index in [0.29, 0.717) is 23.9 Å². The van der Waals surface area contributed by atoms with E-state index in [2.05, 4.69) is 15.6 Å². The molecular weight excluding hydrogens is 388 g/mol. The number of aliphatic imine (C=N–C) groups is 1. The molecule has 1 fully saturated rings. The zero-order chi connectivity index (χ0) is 20.1. The van der Waals surface area contributed by atoms with Crippen LogP contribution in [0.25, 0.3) is 0 Å². The molecule has 0 radical (unpaired) electrons. The molecule has 1 aliphatic heterocycles. The van der Waals surface area contributed by atoms with E-state index in [4.69, 9.17) is 16.3 Å². The molecule has 2 N–H and O–H groups in total. The van der Waals surface area contributed by atoms with Crippen molar-refractivity contribution in [1.29, 1.82) is 0 Å². The van der Waals surface area contributed by atoms with Crippen LogP contribution in [0, 0.1) is 18.6 Å². The summed E-state index contributed by atoms with van der Waals surface area (Å²) in [6.07, 6.45) is 1.85. The minimum absolute atomic E-state index is 0.0163. The molecule has 0 bridgehead atoms. The lowest BCUT2D eigenvalue weighted by Crippen LogP contribution is -2.37. The first-order valence-corrected chi connectivity index (χ1v) is 9.26. The molecule has 8 heteroatoms. The molecule has 1 aliphatic rings. The normalized spacial score (nSPS) is 16.9. The van der Waals surface area contributed by atoms with E-state index in [9.17, 15) is 13.6 Å². The molecule has 2 aromatic carbocycles. The fourth-order valence-electron chi connectivity index (χ4n) is 2.78. The molecule has 0 aliphatic carbocycles. The zero-order valence-corrected chi connectivity index (χ0v) is 16.0. The lowest BCUT2D eigenvalue weighted by Gasteiger charge is -2.15. The number of hydrogen-bond donors (Lipinski definition) is 2. The van der Waals surface area contributed by atoms with Crippen molar-refractivity contribution in [3.8, 4) is 0 Å². The van der Waals surface area contributed by atoms with Crippen LogP contribution in [0.2, 0.25) is 5.02 Å². The summed E-state index contributed by atoms with van der Waals surface area (Å²) in [5.41, 5.74) is 1.44. The monoisotopic (exact) mass is 407 g/mol. The maximum absolute atomic E-state index is 13.4. The highest BCUT2D eigenvalue weighted by Crippen LogP contribution is 2.23. The third-order valence-electron chi connectivity index (χ3n) is 4.41. The predicted octanol–water partition coefficient (Wildman–Crippen LogP) is 4.30. The van der Waals surface area contributed by atoms with Crippen molar-refractivity contribution in [2.45, 2.75) is 25.9 Å². The number of carbonyl (C=O) groups is 1. The quantitative estimate of drug-likeness (QED) is 0.586. The molecule has 0 saturated carbocycles.